The number of carbonyl (C=O) groups is 3. The number of fused-ring (bicyclic) bond motifs is 1. The molecule has 1 aliphatic rings. The van der Waals surface area contributed by atoms with Gasteiger partial charge in [-0.1, -0.05) is 6.07 Å². The number of hydrogen-bond acceptors (Lipinski definition) is 6. The topological polar surface area (TPSA) is 103 Å². The number of carbonyl (C=O) groups excluding carboxylic acids is 3. The average molecular weight is 356 g/mol. The van der Waals surface area contributed by atoms with E-state index in [2.05, 4.69) is 10.6 Å². The van der Waals surface area contributed by atoms with Gasteiger partial charge in [0.15, 0.2) is 18.1 Å². The van der Waals surface area contributed by atoms with Crippen LogP contribution in [0.2, 0.25) is 0 Å². The molecule has 0 radical (unpaired) electrons. The largest absolute Gasteiger partial charge is 0.454 e. The van der Waals surface area contributed by atoms with E-state index in [0.717, 1.165) is 0 Å². The first-order chi connectivity index (χ1) is 12.5. The Morgan fingerprint density at radius 2 is 1.77 bits per heavy atom. The number of hydrogen-bond donors (Lipinski definition) is 2. The van der Waals surface area contributed by atoms with Crippen molar-refractivity contribution < 1.29 is 28.6 Å². The summed E-state index contributed by atoms with van der Waals surface area (Å²) in [6, 6.07) is 11.2. The molecule has 134 valence electrons. The van der Waals surface area contributed by atoms with Crippen molar-refractivity contribution in [2.75, 3.05) is 24.0 Å². The van der Waals surface area contributed by atoms with E-state index in [9.17, 15) is 14.4 Å². The van der Waals surface area contributed by atoms with Gasteiger partial charge in [0.2, 0.25) is 12.7 Å². The van der Waals surface area contributed by atoms with Gasteiger partial charge in [-0.15, -0.1) is 0 Å². The molecule has 2 amide bonds. The molecule has 0 bridgehead atoms. The van der Waals surface area contributed by atoms with Crippen LogP contribution in [-0.4, -0.2) is 31.2 Å². The monoisotopic (exact) mass is 356 g/mol. The van der Waals surface area contributed by atoms with Crippen molar-refractivity contribution >= 4 is 29.2 Å². The first kappa shape index (κ1) is 17.3. The lowest BCUT2D eigenvalue weighted by Gasteiger charge is -2.08. The van der Waals surface area contributed by atoms with Gasteiger partial charge in [-0.25, -0.2) is 4.79 Å². The van der Waals surface area contributed by atoms with Crippen LogP contribution in [0.4, 0.5) is 11.4 Å². The molecule has 0 saturated heterocycles. The van der Waals surface area contributed by atoms with Gasteiger partial charge >= 0.3 is 5.97 Å². The van der Waals surface area contributed by atoms with Crippen molar-refractivity contribution in [1.29, 1.82) is 0 Å². The normalized spacial score (nSPS) is 11.6. The number of amides is 2. The molecule has 0 saturated carbocycles. The fraction of sp³-hybridized carbons (Fsp3) is 0.167. The molecule has 26 heavy (non-hydrogen) atoms. The van der Waals surface area contributed by atoms with Crippen molar-refractivity contribution in [2.24, 2.45) is 0 Å². The summed E-state index contributed by atoms with van der Waals surface area (Å²) in [5.41, 5.74) is 1.20. The molecule has 0 atom stereocenters. The van der Waals surface area contributed by atoms with Crippen LogP contribution in [0.15, 0.2) is 42.5 Å². The van der Waals surface area contributed by atoms with Crippen molar-refractivity contribution in [3.05, 3.63) is 48.0 Å². The SMILES string of the molecule is CC(=O)Nc1cccc(C(=O)OCC(=O)Nc2ccc3c(c2)OCO3)c1. The van der Waals surface area contributed by atoms with E-state index < -0.39 is 18.5 Å². The van der Waals surface area contributed by atoms with Crippen LogP contribution in [0.1, 0.15) is 17.3 Å². The highest BCUT2D eigenvalue weighted by atomic mass is 16.7. The number of nitrogens with one attached hydrogen (secondary N) is 2. The van der Waals surface area contributed by atoms with E-state index in [1.54, 1.807) is 30.3 Å². The second kappa shape index (κ2) is 7.56. The summed E-state index contributed by atoms with van der Waals surface area (Å²) in [6.07, 6.45) is 0. The fourth-order valence-corrected chi connectivity index (χ4v) is 2.31. The zero-order valence-corrected chi connectivity index (χ0v) is 13.9. The molecule has 1 heterocycles. The smallest absolute Gasteiger partial charge is 0.338 e. The van der Waals surface area contributed by atoms with Gasteiger partial charge in [-0.3, -0.25) is 9.59 Å². The van der Waals surface area contributed by atoms with Gasteiger partial charge in [-0.05, 0) is 30.3 Å². The molecule has 0 aromatic heterocycles. The maximum Gasteiger partial charge on any atom is 0.338 e. The summed E-state index contributed by atoms with van der Waals surface area (Å²) in [5, 5.41) is 5.18. The van der Waals surface area contributed by atoms with Crippen LogP contribution < -0.4 is 20.1 Å². The molecule has 8 nitrogen and oxygen atoms in total. The Labute approximate surface area is 149 Å². The minimum absolute atomic E-state index is 0.141. The first-order valence-electron chi connectivity index (χ1n) is 7.75. The number of rotatable bonds is 5. The molecule has 2 aromatic carbocycles. The molecule has 2 aromatic rings. The highest BCUT2D eigenvalue weighted by Crippen LogP contribution is 2.34. The summed E-state index contributed by atoms with van der Waals surface area (Å²) in [4.78, 5) is 35.0. The lowest BCUT2D eigenvalue weighted by atomic mass is 10.2. The summed E-state index contributed by atoms with van der Waals surface area (Å²) in [7, 11) is 0. The Kier molecular flexibility index (Phi) is 5.02. The van der Waals surface area contributed by atoms with Crippen LogP contribution in [0, 0.1) is 0 Å². The molecule has 0 unspecified atom stereocenters. The molecule has 0 spiro atoms. The maximum absolute atomic E-state index is 12.0. The van der Waals surface area contributed by atoms with Crippen molar-refractivity contribution in [3.63, 3.8) is 0 Å². The standard InChI is InChI=1S/C18H16N2O6/c1-11(21)19-13-4-2-3-12(7-13)18(23)24-9-17(22)20-14-5-6-15-16(8-14)26-10-25-15/h2-8H,9-10H2,1H3,(H,19,21)(H,20,22). The van der Waals surface area contributed by atoms with Gasteiger partial charge in [0.05, 0.1) is 5.56 Å². The Balaban J connectivity index is 1.54. The quantitative estimate of drug-likeness (QED) is 0.796. The molecule has 8 heteroatoms. The van der Waals surface area contributed by atoms with Gasteiger partial charge in [0, 0.05) is 24.4 Å². The number of esters is 1. The highest BCUT2D eigenvalue weighted by molar-refractivity contribution is 5.97. The summed E-state index contributed by atoms with van der Waals surface area (Å²) in [5.74, 6) is -0.269. The fourth-order valence-electron chi connectivity index (χ4n) is 2.31. The molecular formula is C18H16N2O6. The zero-order chi connectivity index (χ0) is 18.5. The number of anilines is 2. The second-order valence-corrected chi connectivity index (χ2v) is 5.45. The molecule has 2 N–H and O–H groups in total. The van der Waals surface area contributed by atoms with E-state index >= 15 is 0 Å². The predicted molar refractivity (Wildman–Crippen MR) is 92.2 cm³/mol. The molecule has 0 aliphatic carbocycles. The number of benzene rings is 2. The summed E-state index contributed by atoms with van der Waals surface area (Å²) >= 11 is 0. The minimum Gasteiger partial charge on any atom is -0.454 e. The lowest BCUT2D eigenvalue weighted by Crippen LogP contribution is -2.21. The van der Waals surface area contributed by atoms with Crippen molar-refractivity contribution in [2.45, 2.75) is 6.92 Å². The van der Waals surface area contributed by atoms with Gasteiger partial charge in [0.1, 0.15) is 0 Å². The van der Waals surface area contributed by atoms with Gasteiger partial charge in [0.25, 0.3) is 5.91 Å². The Morgan fingerprint density at radius 3 is 2.58 bits per heavy atom. The van der Waals surface area contributed by atoms with Crippen LogP contribution in [0.3, 0.4) is 0 Å². The van der Waals surface area contributed by atoms with E-state index in [-0.39, 0.29) is 18.3 Å². The van der Waals surface area contributed by atoms with E-state index in [0.29, 0.717) is 22.9 Å². The first-order valence-corrected chi connectivity index (χ1v) is 7.75. The van der Waals surface area contributed by atoms with Crippen LogP contribution in [0.5, 0.6) is 11.5 Å². The van der Waals surface area contributed by atoms with Crippen LogP contribution in [0.25, 0.3) is 0 Å². The second-order valence-electron chi connectivity index (χ2n) is 5.45. The minimum atomic E-state index is -0.668. The molecule has 3 rings (SSSR count). The highest BCUT2D eigenvalue weighted by Gasteiger charge is 2.15. The third kappa shape index (κ3) is 4.29. The molecule has 1 aliphatic heterocycles. The Hall–Kier alpha value is -3.55. The predicted octanol–water partition coefficient (Wildman–Crippen LogP) is 2.17. The van der Waals surface area contributed by atoms with Crippen LogP contribution in [-0.2, 0) is 14.3 Å². The third-order valence-electron chi connectivity index (χ3n) is 3.41. The van der Waals surface area contributed by atoms with Crippen molar-refractivity contribution in [1.82, 2.24) is 0 Å². The van der Waals surface area contributed by atoms with Gasteiger partial charge < -0.3 is 24.8 Å². The Morgan fingerprint density at radius 1 is 1.00 bits per heavy atom. The molecular weight excluding hydrogens is 340 g/mol. The number of ether oxygens (including phenoxy) is 3. The lowest BCUT2D eigenvalue weighted by molar-refractivity contribution is -0.119. The van der Waals surface area contributed by atoms with E-state index in [1.165, 1.54) is 19.1 Å². The van der Waals surface area contributed by atoms with E-state index in [4.69, 9.17) is 14.2 Å². The summed E-state index contributed by atoms with van der Waals surface area (Å²) < 4.78 is 15.4. The average Bonchev–Trinajstić information content (AvgIpc) is 3.07. The summed E-state index contributed by atoms with van der Waals surface area (Å²) in [6.45, 7) is 1.06. The molecule has 0 fully saturated rings. The maximum atomic E-state index is 12.0. The van der Waals surface area contributed by atoms with Crippen molar-refractivity contribution in [3.8, 4) is 11.5 Å². The third-order valence-corrected chi connectivity index (χ3v) is 3.41. The van der Waals surface area contributed by atoms with E-state index in [1.807, 2.05) is 0 Å². The Bertz CT molecular complexity index is 865. The van der Waals surface area contributed by atoms with Crippen LogP contribution >= 0.6 is 0 Å². The van der Waals surface area contributed by atoms with Gasteiger partial charge in [-0.2, -0.15) is 0 Å². The zero-order valence-electron chi connectivity index (χ0n) is 13.9.